The van der Waals surface area contributed by atoms with E-state index < -0.39 is 6.03 Å². The minimum atomic E-state index is -0.480. The first kappa shape index (κ1) is 23.1. The Kier molecular flexibility index (Phi) is 6.98. The SMILES string of the molecule is COc1ccccc1C(=O)c1cc(C)ccc1NC(=O)Nc1ncc(CCc2nncn2C)s1. The fourth-order valence-corrected chi connectivity index (χ4v) is 4.24. The first-order valence-electron chi connectivity index (χ1n) is 10.6. The zero-order chi connectivity index (χ0) is 24.1. The molecule has 0 saturated carbocycles. The van der Waals surface area contributed by atoms with Crippen LogP contribution in [0.1, 0.15) is 32.2 Å². The van der Waals surface area contributed by atoms with Crippen molar-refractivity contribution in [3.05, 3.63) is 82.4 Å². The minimum absolute atomic E-state index is 0.239. The lowest BCUT2D eigenvalue weighted by Crippen LogP contribution is -2.21. The van der Waals surface area contributed by atoms with Gasteiger partial charge in [-0.1, -0.05) is 23.8 Å². The number of thiazole rings is 1. The Labute approximate surface area is 200 Å². The second-order valence-electron chi connectivity index (χ2n) is 7.65. The molecule has 2 aromatic carbocycles. The van der Waals surface area contributed by atoms with Gasteiger partial charge in [0.1, 0.15) is 17.9 Å². The van der Waals surface area contributed by atoms with Crippen LogP contribution in [0.25, 0.3) is 0 Å². The molecule has 2 N–H and O–H groups in total. The third kappa shape index (κ3) is 5.29. The van der Waals surface area contributed by atoms with Gasteiger partial charge in [0.25, 0.3) is 0 Å². The molecule has 4 aromatic rings. The standard InChI is InChI=1S/C24H24N6O3S/c1-15-8-10-19(18(12-15)22(31)17-6-4-5-7-20(17)33-3)27-23(32)28-24-25-13-16(34-24)9-11-21-29-26-14-30(21)2/h4-8,10,12-14H,9,11H2,1-3H3,(H2,25,27,28,32). The number of aromatic nitrogens is 4. The maximum absolute atomic E-state index is 13.3. The van der Waals surface area contributed by atoms with Gasteiger partial charge in [0.2, 0.25) is 0 Å². The normalized spacial score (nSPS) is 10.7. The van der Waals surface area contributed by atoms with Gasteiger partial charge in [-0.3, -0.25) is 10.1 Å². The number of ether oxygens (including phenoxy) is 1. The van der Waals surface area contributed by atoms with Crippen molar-refractivity contribution in [2.45, 2.75) is 19.8 Å². The number of hydrogen-bond acceptors (Lipinski definition) is 7. The van der Waals surface area contributed by atoms with E-state index in [1.807, 2.05) is 24.6 Å². The number of carbonyl (C=O) groups excluding carboxylic acids is 2. The average Bonchev–Trinajstić information content (AvgIpc) is 3.46. The number of methoxy groups -OCH3 is 1. The highest BCUT2D eigenvalue weighted by Crippen LogP contribution is 2.27. The number of nitrogens with zero attached hydrogens (tertiary/aromatic N) is 4. The molecule has 0 fully saturated rings. The lowest BCUT2D eigenvalue weighted by Gasteiger charge is -2.13. The van der Waals surface area contributed by atoms with Crippen molar-refractivity contribution in [3.63, 3.8) is 0 Å². The van der Waals surface area contributed by atoms with Crippen molar-refractivity contribution in [1.82, 2.24) is 19.7 Å². The van der Waals surface area contributed by atoms with Gasteiger partial charge in [0, 0.05) is 30.1 Å². The summed E-state index contributed by atoms with van der Waals surface area (Å²) in [5.41, 5.74) is 2.10. The number of benzene rings is 2. The quantitative estimate of drug-likeness (QED) is 0.368. The molecule has 0 unspecified atom stereocenters. The van der Waals surface area contributed by atoms with Crippen molar-refractivity contribution in [2.75, 3.05) is 17.7 Å². The number of para-hydroxylation sites is 1. The van der Waals surface area contributed by atoms with Crippen molar-refractivity contribution in [2.24, 2.45) is 7.05 Å². The van der Waals surface area contributed by atoms with Crippen LogP contribution in [0.3, 0.4) is 0 Å². The van der Waals surface area contributed by atoms with E-state index in [9.17, 15) is 9.59 Å². The van der Waals surface area contributed by atoms with E-state index in [2.05, 4.69) is 25.8 Å². The van der Waals surface area contributed by atoms with Crippen LogP contribution in [0.4, 0.5) is 15.6 Å². The van der Waals surface area contributed by atoms with Crippen molar-refractivity contribution in [1.29, 1.82) is 0 Å². The molecule has 34 heavy (non-hydrogen) atoms. The van der Waals surface area contributed by atoms with E-state index in [1.54, 1.807) is 48.9 Å². The predicted molar refractivity (Wildman–Crippen MR) is 131 cm³/mol. The molecular weight excluding hydrogens is 452 g/mol. The van der Waals surface area contributed by atoms with Crippen LogP contribution in [0.5, 0.6) is 5.75 Å². The number of ketones is 1. The molecule has 0 aliphatic heterocycles. The topological polar surface area (TPSA) is 111 Å². The second-order valence-corrected chi connectivity index (χ2v) is 8.76. The van der Waals surface area contributed by atoms with E-state index in [0.29, 0.717) is 27.7 Å². The largest absolute Gasteiger partial charge is 0.496 e. The summed E-state index contributed by atoms with van der Waals surface area (Å²) in [6, 6.07) is 11.8. The summed E-state index contributed by atoms with van der Waals surface area (Å²) in [5.74, 6) is 1.12. The summed E-state index contributed by atoms with van der Waals surface area (Å²) in [7, 11) is 3.42. The van der Waals surface area contributed by atoms with Gasteiger partial charge in [-0.2, -0.15) is 0 Å². The van der Waals surface area contributed by atoms with E-state index in [0.717, 1.165) is 29.1 Å². The summed E-state index contributed by atoms with van der Waals surface area (Å²) in [4.78, 5) is 31.2. The highest BCUT2D eigenvalue weighted by atomic mass is 32.1. The Morgan fingerprint density at radius 2 is 1.91 bits per heavy atom. The molecule has 0 aliphatic carbocycles. The number of nitrogens with one attached hydrogen (secondary N) is 2. The highest BCUT2D eigenvalue weighted by Gasteiger charge is 2.19. The Bertz CT molecular complexity index is 1330. The summed E-state index contributed by atoms with van der Waals surface area (Å²) in [6.45, 7) is 1.89. The van der Waals surface area contributed by atoms with Crippen LogP contribution in [-0.4, -0.2) is 38.7 Å². The van der Waals surface area contributed by atoms with Gasteiger partial charge in [0.05, 0.1) is 18.4 Å². The smallest absolute Gasteiger partial charge is 0.325 e. The number of urea groups is 1. The zero-order valence-corrected chi connectivity index (χ0v) is 19.8. The van der Waals surface area contributed by atoms with Gasteiger partial charge in [-0.25, -0.2) is 9.78 Å². The lowest BCUT2D eigenvalue weighted by atomic mass is 9.99. The molecule has 2 aromatic heterocycles. The fraction of sp³-hybridized carbons (Fsp3) is 0.208. The summed E-state index contributed by atoms with van der Waals surface area (Å²) in [5, 5.41) is 13.9. The summed E-state index contributed by atoms with van der Waals surface area (Å²) >= 11 is 1.39. The highest BCUT2D eigenvalue weighted by molar-refractivity contribution is 7.15. The molecule has 10 heteroatoms. The molecule has 0 bridgehead atoms. The van der Waals surface area contributed by atoms with Crippen LogP contribution in [-0.2, 0) is 19.9 Å². The molecule has 0 radical (unpaired) electrons. The van der Waals surface area contributed by atoms with Crippen LogP contribution in [0.2, 0.25) is 0 Å². The van der Waals surface area contributed by atoms with Crippen molar-refractivity contribution >= 4 is 34.0 Å². The van der Waals surface area contributed by atoms with E-state index in [-0.39, 0.29) is 5.78 Å². The maximum atomic E-state index is 13.3. The van der Waals surface area contributed by atoms with Crippen molar-refractivity contribution in [3.8, 4) is 5.75 Å². The Balaban J connectivity index is 1.45. The van der Waals surface area contributed by atoms with Gasteiger partial charge in [-0.05, 0) is 37.6 Å². The van der Waals surface area contributed by atoms with E-state index in [1.165, 1.54) is 18.4 Å². The fourth-order valence-electron chi connectivity index (χ4n) is 3.43. The van der Waals surface area contributed by atoms with Gasteiger partial charge >= 0.3 is 6.03 Å². The lowest BCUT2D eigenvalue weighted by molar-refractivity contribution is 0.103. The second kappa shape index (κ2) is 10.3. The first-order valence-corrected chi connectivity index (χ1v) is 11.4. The Morgan fingerprint density at radius 1 is 1.09 bits per heavy atom. The number of rotatable bonds is 8. The molecule has 4 rings (SSSR count). The summed E-state index contributed by atoms with van der Waals surface area (Å²) < 4.78 is 7.21. The number of carbonyl (C=O) groups is 2. The third-order valence-electron chi connectivity index (χ3n) is 5.19. The van der Waals surface area contributed by atoms with Crippen LogP contribution >= 0.6 is 11.3 Å². The van der Waals surface area contributed by atoms with Crippen LogP contribution < -0.4 is 15.4 Å². The molecule has 0 spiro atoms. The van der Waals surface area contributed by atoms with Crippen LogP contribution in [0.15, 0.2) is 55.0 Å². The number of hydrogen-bond donors (Lipinski definition) is 2. The molecule has 174 valence electrons. The van der Waals surface area contributed by atoms with E-state index in [4.69, 9.17) is 4.74 Å². The predicted octanol–water partition coefficient (Wildman–Crippen LogP) is 4.25. The van der Waals surface area contributed by atoms with Gasteiger partial charge in [0.15, 0.2) is 10.9 Å². The number of amides is 2. The number of aryl methyl sites for hydroxylation is 4. The molecule has 0 aliphatic rings. The molecule has 2 amide bonds. The number of anilines is 2. The molecular formula is C24H24N6O3S. The van der Waals surface area contributed by atoms with Crippen molar-refractivity contribution < 1.29 is 14.3 Å². The molecule has 2 heterocycles. The van der Waals surface area contributed by atoms with Crippen LogP contribution in [0, 0.1) is 6.92 Å². The Hall–Kier alpha value is -4.05. The Morgan fingerprint density at radius 3 is 2.68 bits per heavy atom. The minimum Gasteiger partial charge on any atom is -0.496 e. The molecule has 0 atom stereocenters. The van der Waals surface area contributed by atoms with Gasteiger partial charge < -0.3 is 14.6 Å². The maximum Gasteiger partial charge on any atom is 0.325 e. The average molecular weight is 477 g/mol. The molecule has 0 saturated heterocycles. The van der Waals surface area contributed by atoms with Gasteiger partial charge in [-0.15, -0.1) is 21.5 Å². The zero-order valence-electron chi connectivity index (χ0n) is 19.0. The first-order chi connectivity index (χ1) is 16.4. The molecule has 9 nitrogen and oxygen atoms in total. The monoisotopic (exact) mass is 476 g/mol. The summed E-state index contributed by atoms with van der Waals surface area (Å²) in [6.07, 6.45) is 4.86. The third-order valence-corrected chi connectivity index (χ3v) is 6.17. The van der Waals surface area contributed by atoms with E-state index >= 15 is 0 Å².